The second-order valence-corrected chi connectivity index (χ2v) is 9.32. The first-order valence-electron chi connectivity index (χ1n) is 11.9. The van der Waals surface area contributed by atoms with E-state index >= 15 is 4.39 Å². The van der Waals surface area contributed by atoms with E-state index in [0.717, 1.165) is 10.3 Å². The Kier molecular flexibility index (Phi) is 5.48. The molecule has 0 radical (unpaired) electrons. The second kappa shape index (κ2) is 8.70. The zero-order chi connectivity index (χ0) is 25.0. The van der Waals surface area contributed by atoms with Gasteiger partial charge in [-0.2, -0.15) is 0 Å². The Morgan fingerprint density at radius 2 is 1.94 bits per heavy atom. The van der Waals surface area contributed by atoms with Crippen LogP contribution in [-0.2, 0) is 4.74 Å². The minimum Gasteiger partial charge on any atom is -0.469 e. The minimum atomic E-state index is -0.951. The van der Waals surface area contributed by atoms with Crippen LogP contribution in [0.15, 0.2) is 41.3 Å². The van der Waals surface area contributed by atoms with E-state index in [1.807, 2.05) is 6.92 Å². The van der Waals surface area contributed by atoms with Gasteiger partial charge in [0, 0.05) is 41.9 Å². The third-order valence-electron chi connectivity index (χ3n) is 6.78. The Labute approximate surface area is 204 Å². The molecule has 0 bridgehead atoms. The number of nitrogens with one attached hydrogen (secondary N) is 1. The smallest absolute Gasteiger partial charge is 0.264 e. The Morgan fingerprint density at radius 3 is 2.67 bits per heavy atom. The lowest BCUT2D eigenvalue weighted by molar-refractivity contribution is -0.0812. The van der Waals surface area contributed by atoms with Gasteiger partial charge >= 0.3 is 0 Å². The van der Waals surface area contributed by atoms with E-state index in [2.05, 4.69) is 9.97 Å². The van der Waals surface area contributed by atoms with Gasteiger partial charge in [-0.1, -0.05) is 0 Å². The number of H-pyrrole nitrogens is 1. The molecule has 1 N–H and O–H groups in total. The number of benzene rings is 1. The number of hydrogen-bond acceptors (Lipinski definition) is 5. The minimum absolute atomic E-state index is 0.0249. The van der Waals surface area contributed by atoms with Gasteiger partial charge in [-0.25, -0.2) is 13.8 Å². The van der Waals surface area contributed by atoms with Crippen LogP contribution in [0, 0.1) is 12.7 Å². The maximum Gasteiger partial charge on any atom is 0.264 e. The Bertz CT molecular complexity index is 1550. The third kappa shape index (κ3) is 3.81. The van der Waals surface area contributed by atoms with Crippen LogP contribution >= 0.6 is 0 Å². The largest absolute Gasteiger partial charge is 0.469 e. The fourth-order valence-electron chi connectivity index (χ4n) is 4.76. The summed E-state index contributed by atoms with van der Waals surface area (Å²) in [6, 6.07) is 7.97. The number of fused-ring (bicyclic) bond motifs is 2. The fourth-order valence-corrected chi connectivity index (χ4v) is 4.76. The van der Waals surface area contributed by atoms with Gasteiger partial charge in [-0.15, -0.1) is 0 Å². The summed E-state index contributed by atoms with van der Waals surface area (Å²) in [4.78, 5) is 36.2. The number of aryl methyl sites for hydroxylation is 1. The predicted octanol–water partition coefficient (Wildman–Crippen LogP) is 3.67. The average molecular weight is 494 g/mol. The predicted molar refractivity (Wildman–Crippen MR) is 129 cm³/mol. The van der Waals surface area contributed by atoms with E-state index in [1.165, 1.54) is 18.3 Å². The molecule has 2 fully saturated rings. The van der Waals surface area contributed by atoms with Gasteiger partial charge in [0.2, 0.25) is 5.88 Å². The van der Waals surface area contributed by atoms with E-state index < -0.39 is 23.5 Å². The number of aromatic nitrogens is 3. The SMILES string of the molecule is Cc1cc2c(F)c(-n3cc(C(=O)N4CCC(F)CC4)c4nc(OC5COC5)ccc4c3=O)ccc2[nH]1. The number of rotatable bonds is 4. The van der Waals surface area contributed by atoms with E-state index in [0.29, 0.717) is 24.1 Å². The summed E-state index contributed by atoms with van der Waals surface area (Å²) in [7, 11) is 0. The number of amides is 1. The second-order valence-electron chi connectivity index (χ2n) is 9.32. The summed E-state index contributed by atoms with van der Waals surface area (Å²) in [6.45, 7) is 3.19. The van der Waals surface area contributed by atoms with Gasteiger partial charge in [0.25, 0.3) is 11.5 Å². The number of hydrogen-bond donors (Lipinski definition) is 1. The molecule has 186 valence electrons. The third-order valence-corrected chi connectivity index (χ3v) is 6.78. The molecule has 1 amide bonds. The van der Waals surface area contributed by atoms with Crippen LogP contribution in [0.1, 0.15) is 28.9 Å². The molecule has 1 aromatic carbocycles. The number of nitrogens with zero attached hydrogens (tertiary/aromatic N) is 3. The van der Waals surface area contributed by atoms with Crippen molar-refractivity contribution >= 4 is 27.7 Å². The van der Waals surface area contributed by atoms with E-state index in [-0.39, 0.29) is 60.1 Å². The molecule has 36 heavy (non-hydrogen) atoms. The lowest BCUT2D eigenvalue weighted by atomic mass is 10.1. The summed E-state index contributed by atoms with van der Waals surface area (Å²) in [6.07, 6.45) is 0.717. The van der Waals surface area contributed by atoms with Crippen molar-refractivity contribution in [1.82, 2.24) is 19.4 Å². The molecule has 0 unspecified atom stereocenters. The molecular weight excluding hydrogens is 470 g/mol. The number of halogens is 2. The molecule has 3 aromatic heterocycles. The first-order chi connectivity index (χ1) is 17.4. The summed E-state index contributed by atoms with van der Waals surface area (Å²) < 4.78 is 41.4. The Morgan fingerprint density at radius 1 is 1.17 bits per heavy atom. The molecule has 2 aliphatic rings. The molecule has 4 aromatic rings. The zero-order valence-electron chi connectivity index (χ0n) is 19.6. The monoisotopic (exact) mass is 494 g/mol. The van der Waals surface area contributed by atoms with Gasteiger partial charge < -0.3 is 19.4 Å². The molecule has 0 atom stereocenters. The highest BCUT2D eigenvalue weighted by Crippen LogP contribution is 2.27. The van der Waals surface area contributed by atoms with Crippen molar-refractivity contribution in [2.45, 2.75) is 32.0 Å². The maximum atomic E-state index is 15.6. The van der Waals surface area contributed by atoms with Crippen LogP contribution in [0.25, 0.3) is 27.5 Å². The molecule has 2 saturated heterocycles. The quantitative estimate of drug-likeness (QED) is 0.468. The van der Waals surface area contributed by atoms with Gasteiger partial charge in [-0.05, 0) is 44.0 Å². The van der Waals surface area contributed by atoms with Crippen molar-refractivity contribution < 1.29 is 23.0 Å². The van der Waals surface area contributed by atoms with Crippen LogP contribution in [0.5, 0.6) is 5.88 Å². The number of likely N-dealkylation sites (tertiary alicyclic amines) is 1. The van der Waals surface area contributed by atoms with E-state index in [4.69, 9.17) is 9.47 Å². The average Bonchev–Trinajstić information content (AvgIpc) is 3.24. The van der Waals surface area contributed by atoms with Crippen LogP contribution in [0.3, 0.4) is 0 Å². The zero-order valence-corrected chi connectivity index (χ0v) is 19.6. The molecule has 2 aliphatic heterocycles. The first kappa shape index (κ1) is 22.7. The number of ether oxygens (including phenoxy) is 2. The van der Waals surface area contributed by atoms with E-state index in [9.17, 15) is 14.0 Å². The number of piperidine rings is 1. The number of carbonyl (C=O) groups excluding carboxylic acids is 1. The molecular formula is C26H24F2N4O4. The Balaban J connectivity index is 1.53. The molecule has 0 spiro atoms. The highest BCUT2D eigenvalue weighted by atomic mass is 19.1. The van der Waals surface area contributed by atoms with Crippen LogP contribution in [0.2, 0.25) is 0 Å². The van der Waals surface area contributed by atoms with Crippen molar-refractivity contribution in [3.8, 4) is 11.6 Å². The summed E-state index contributed by atoms with van der Waals surface area (Å²) in [5.41, 5.74) is 1.20. The first-order valence-corrected chi connectivity index (χ1v) is 11.9. The molecule has 10 heteroatoms. The van der Waals surface area contributed by atoms with Gasteiger partial charge in [0.15, 0.2) is 5.82 Å². The summed E-state index contributed by atoms with van der Waals surface area (Å²) in [5, 5.41) is 0.502. The summed E-state index contributed by atoms with van der Waals surface area (Å²) in [5.74, 6) is -0.705. The molecule has 0 saturated carbocycles. The van der Waals surface area contributed by atoms with Crippen LogP contribution in [0.4, 0.5) is 8.78 Å². The topological polar surface area (TPSA) is 89.4 Å². The molecule has 8 nitrogen and oxygen atoms in total. The summed E-state index contributed by atoms with van der Waals surface area (Å²) >= 11 is 0. The van der Waals surface area contributed by atoms with Crippen LogP contribution < -0.4 is 10.3 Å². The number of pyridine rings is 2. The van der Waals surface area contributed by atoms with Crippen molar-refractivity contribution in [2.24, 2.45) is 0 Å². The van der Waals surface area contributed by atoms with Gasteiger partial charge in [-0.3, -0.25) is 14.2 Å². The molecule has 5 heterocycles. The van der Waals surface area contributed by atoms with Gasteiger partial charge in [0.05, 0.1) is 35.4 Å². The van der Waals surface area contributed by atoms with Crippen molar-refractivity contribution in [1.29, 1.82) is 0 Å². The van der Waals surface area contributed by atoms with Gasteiger partial charge in [0.1, 0.15) is 12.3 Å². The van der Waals surface area contributed by atoms with Crippen molar-refractivity contribution in [2.75, 3.05) is 26.3 Å². The van der Waals surface area contributed by atoms with Crippen molar-refractivity contribution in [3.05, 3.63) is 64.0 Å². The normalized spacial score (nSPS) is 17.0. The van der Waals surface area contributed by atoms with Crippen molar-refractivity contribution in [3.63, 3.8) is 0 Å². The Hall–Kier alpha value is -3.79. The number of carbonyl (C=O) groups is 1. The van der Waals surface area contributed by atoms with E-state index in [1.54, 1.807) is 23.1 Å². The number of aromatic amines is 1. The molecule has 0 aliphatic carbocycles. The lowest BCUT2D eigenvalue weighted by Crippen LogP contribution is -2.40. The maximum absolute atomic E-state index is 15.6. The highest BCUT2D eigenvalue weighted by Gasteiger charge is 2.28. The lowest BCUT2D eigenvalue weighted by Gasteiger charge is -2.29. The molecule has 6 rings (SSSR count). The standard InChI is InChI=1S/C26H24F2N4O4/c1-14-10-18-20(29-14)3-4-21(23(18)28)32-11-19(25(33)31-8-6-15(27)7-9-31)24-17(26(32)34)2-5-22(30-24)36-16-12-35-13-16/h2-5,10-11,15-16,29H,6-9,12-13H2,1H3. The fraction of sp³-hybridized carbons (Fsp3) is 0.346. The highest BCUT2D eigenvalue weighted by molar-refractivity contribution is 6.05. The van der Waals surface area contributed by atoms with Crippen LogP contribution in [-0.4, -0.2) is 63.9 Å². The number of alkyl halides is 1.